The smallest absolute Gasteiger partial charge is 0.320 e. The molecule has 94 valence electrons. The maximum atomic E-state index is 12.3. The number of carbonyl (C=O) groups excluding carboxylic acids is 3. The van der Waals surface area contributed by atoms with Crippen molar-refractivity contribution in [2.24, 2.45) is 17.3 Å². The minimum absolute atomic E-state index is 0.0552. The van der Waals surface area contributed by atoms with Crippen LogP contribution < -0.4 is 0 Å². The van der Waals surface area contributed by atoms with Crippen molar-refractivity contribution in [3.05, 3.63) is 0 Å². The van der Waals surface area contributed by atoms with Gasteiger partial charge in [0.05, 0.1) is 12.5 Å². The quantitative estimate of drug-likeness (QED) is 0.540. The number of hydrogen-bond donors (Lipinski definition) is 0. The number of carbonyl (C=O) groups is 3. The van der Waals surface area contributed by atoms with Gasteiger partial charge in [0.15, 0.2) is 5.78 Å². The Bertz CT molecular complexity index is 374. The van der Waals surface area contributed by atoms with Gasteiger partial charge in [-0.2, -0.15) is 0 Å². The van der Waals surface area contributed by atoms with Crippen LogP contribution in [0.2, 0.25) is 0 Å². The highest BCUT2D eigenvalue weighted by molar-refractivity contribution is 6.20. The summed E-state index contributed by atoms with van der Waals surface area (Å²) < 4.78 is 5.00. The third-order valence-electron chi connectivity index (χ3n) is 4.08. The zero-order valence-corrected chi connectivity index (χ0v) is 10.3. The van der Waals surface area contributed by atoms with Crippen LogP contribution >= 0.6 is 0 Å². The third-order valence-corrected chi connectivity index (χ3v) is 4.08. The molecule has 2 saturated carbocycles. The maximum Gasteiger partial charge on any atom is 0.320 e. The van der Waals surface area contributed by atoms with E-state index in [2.05, 4.69) is 0 Å². The monoisotopic (exact) mass is 238 g/mol. The first-order chi connectivity index (χ1) is 8.03. The Morgan fingerprint density at radius 2 is 2.18 bits per heavy atom. The molecule has 17 heavy (non-hydrogen) atoms. The minimum atomic E-state index is -1.15. The second-order valence-electron chi connectivity index (χ2n) is 5.16. The average Bonchev–Trinajstić information content (AvgIpc) is 2.43. The first-order valence-electron chi connectivity index (χ1n) is 6.27. The Balaban J connectivity index is 2.36. The Hall–Kier alpha value is -1.19. The average molecular weight is 238 g/mol. The molecule has 0 heterocycles. The van der Waals surface area contributed by atoms with Gasteiger partial charge in [-0.1, -0.05) is 13.3 Å². The van der Waals surface area contributed by atoms with Crippen LogP contribution in [0.5, 0.6) is 0 Å². The summed E-state index contributed by atoms with van der Waals surface area (Å²) in [5.74, 6) is -1.26. The third kappa shape index (κ3) is 1.70. The van der Waals surface area contributed by atoms with Gasteiger partial charge in [0.2, 0.25) is 0 Å². The van der Waals surface area contributed by atoms with Gasteiger partial charge < -0.3 is 4.74 Å². The molecule has 0 aliphatic heterocycles. The molecule has 2 aliphatic rings. The molecule has 2 rings (SSSR count). The highest BCUT2D eigenvalue weighted by atomic mass is 16.5. The van der Waals surface area contributed by atoms with Crippen molar-refractivity contribution in [3.63, 3.8) is 0 Å². The van der Waals surface area contributed by atoms with Crippen molar-refractivity contribution in [2.75, 3.05) is 6.61 Å². The zero-order chi connectivity index (χ0) is 12.6. The van der Waals surface area contributed by atoms with E-state index in [1.165, 1.54) is 0 Å². The van der Waals surface area contributed by atoms with E-state index in [1.807, 2.05) is 6.92 Å². The van der Waals surface area contributed by atoms with Crippen molar-refractivity contribution >= 4 is 17.5 Å². The second-order valence-corrected chi connectivity index (χ2v) is 5.16. The molecule has 4 nitrogen and oxygen atoms in total. The number of esters is 1. The molecule has 0 N–H and O–H groups in total. The van der Waals surface area contributed by atoms with Gasteiger partial charge in [0.25, 0.3) is 0 Å². The van der Waals surface area contributed by atoms with Crippen molar-refractivity contribution in [3.8, 4) is 0 Å². The molecule has 2 fully saturated rings. The number of Topliss-reactive ketones (excluding diaryl/α,β-unsaturated/α-hetero) is 2. The number of rotatable bonds is 2. The standard InChI is InChI=1S/C13H18O4/c1-3-17-12(16)13-6-4-5-8(2)10(11(13)15)9(14)7-13/h8,10H,3-7H2,1-2H3/t8-,10?,13+/m1/s1. The predicted octanol–water partition coefficient (Wildman–Crippen LogP) is 1.51. The number of fused-ring (bicyclic) bond motifs is 2. The molecular formula is C13H18O4. The fourth-order valence-electron chi connectivity index (χ4n) is 3.16. The normalized spacial score (nSPS) is 36.8. The lowest BCUT2D eigenvalue weighted by molar-refractivity contribution is -0.159. The molecule has 4 heteroatoms. The van der Waals surface area contributed by atoms with Crippen LogP contribution in [0.4, 0.5) is 0 Å². The molecule has 0 saturated heterocycles. The second kappa shape index (κ2) is 4.24. The van der Waals surface area contributed by atoms with E-state index in [4.69, 9.17) is 4.74 Å². The summed E-state index contributed by atoms with van der Waals surface area (Å²) in [6.07, 6.45) is 2.18. The fourth-order valence-corrected chi connectivity index (χ4v) is 3.16. The van der Waals surface area contributed by atoms with Gasteiger partial charge in [-0.05, 0) is 25.7 Å². The van der Waals surface area contributed by atoms with Crippen LogP contribution in [0.15, 0.2) is 0 Å². The number of ketones is 2. The predicted molar refractivity (Wildman–Crippen MR) is 60.2 cm³/mol. The molecular weight excluding hydrogens is 220 g/mol. The Morgan fingerprint density at radius 1 is 1.47 bits per heavy atom. The fraction of sp³-hybridized carbons (Fsp3) is 0.769. The van der Waals surface area contributed by atoms with E-state index >= 15 is 0 Å². The zero-order valence-electron chi connectivity index (χ0n) is 10.3. The van der Waals surface area contributed by atoms with E-state index in [0.29, 0.717) is 6.42 Å². The van der Waals surface area contributed by atoms with E-state index in [9.17, 15) is 14.4 Å². The van der Waals surface area contributed by atoms with Crippen molar-refractivity contribution < 1.29 is 19.1 Å². The maximum absolute atomic E-state index is 12.3. The first kappa shape index (κ1) is 12.3. The van der Waals surface area contributed by atoms with Gasteiger partial charge in [-0.25, -0.2) is 0 Å². The summed E-state index contributed by atoms with van der Waals surface area (Å²) >= 11 is 0. The van der Waals surface area contributed by atoms with E-state index in [-0.39, 0.29) is 30.5 Å². The van der Waals surface area contributed by atoms with Crippen LogP contribution in [0.3, 0.4) is 0 Å². The highest BCUT2D eigenvalue weighted by Gasteiger charge is 2.60. The number of ether oxygens (including phenoxy) is 1. The highest BCUT2D eigenvalue weighted by Crippen LogP contribution is 2.47. The summed E-state index contributed by atoms with van der Waals surface area (Å²) in [6.45, 7) is 3.89. The summed E-state index contributed by atoms with van der Waals surface area (Å²) in [6, 6.07) is 0. The van der Waals surface area contributed by atoms with Crippen LogP contribution in [-0.2, 0) is 19.1 Å². The summed E-state index contributed by atoms with van der Waals surface area (Å²) in [5.41, 5.74) is -1.15. The van der Waals surface area contributed by atoms with Crippen LogP contribution in [0.25, 0.3) is 0 Å². The molecule has 0 aromatic rings. The number of hydrogen-bond acceptors (Lipinski definition) is 4. The van der Waals surface area contributed by atoms with E-state index in [1.54, 1.807) is 6.92 Å². The van der Waals surface area contributed by atoms with Crippen molar-refractivity contribution in [1.29, 1.82) is 0 Å². The lowest BCUT2D eigenvalue weighted by Gasteiger charge is -2.23. The first-order valence-corrected chi connectivity index (χ1v) is 6.27. The SMILES string of the molecule is CCOC(=O)[C@@]12CCC[C@@H](C)C(C(=O)C1)C2=O. The van der Waals surface area contributed by atoms with Crippen LogP contribution in [0, 0.1) is 17.3 Å². The van der Waals surface area contributed by atoms with Gasteiger partial charge in [-0.15, -0.1) is 0 Å². The molecule has 1 unspecified atom stereocenters. The molecule has 0 aromatic heterocycles. The van der Waals surface area contributed by atoms with E-state index < -0.39 is 17.3 Å². The lowest BCUT2D eigenvalue weighted by atomic mass is 9.81. The molecule has 3 atom stereocenters. The van der Waals surface area contributed by atoms with Gasteiger partial charge in [0, 0.05) is 6.42 Å². The Labute approximate surface area is 101 Å². The van der Waals surface area contributed by atoms with Crippen molar-refractivity contribution in [1.82, 2.24) is 0 Å². The van der Waals surface area contributed by atoms with Crippen LogP contribution in [0.1, 0.15) is 39.5 Å². The lowest BCUT2D eigenvalue weighted by Crippen LogP contribution is -2.38. The Kier molecular flexibility index (Phi) is 3.06. The van der Waals surface area contributed by atoms with Crippen LogP contribution in [-0.4, -0.2) is 24.1 Å². The summed E-state index contributed by atoms with van der Waals surface area (Å²) in [4.78, 5) is 36.3. The Morgan fingerprint density at radius 3 is 2.82 bits per heavy atom. The summed E-state index contributed by atoms with van der Waals surface area (Å²) in [5, 5.41) is 0. The molecule has 2 bridgehead atoms. The van der Waals surface area contributed by atoms with Crippen molar-refractivity contribution in [2.45, 2.75) is 39.5 Å². The topological polar surface area (TPSA) is 60.4 Å². The molecule has 0 spiro atoms. The van der Waals surface area contributed by atoms with E-state index in [0.717, 1.165) is 12.8 Å². The minimum Gasteiger partial charge on any atom is -0.465 e. The molecule has 0 amide bonds. The van der Waals surface area contributed by atoms with Gasteiger partial charge in [-0.3, -0.25) is 14.4 Å². The molecule has 0 aromatic carbocycles. The molecule has 2 aliphatic carbocycles. The largest absolute Gasteiger partial charge is 0.465 e. The summed E-state index contributed by atoms with van der Waals surface area (Å²) in [7, 11) is 0. The molecule has 0 radical (unpaired) electrons. The van der Waals surface area contributed by atoms with Gasteiger partial charge in [0.1, 0.15) is 11.2 Å². The van der Waals surface area contributed by atoms with Gasteiger partial charge >= 0.3 is 5.97 Å².